The minimum Gasteiger partial charge on any atom is -0.491 e. The van der Waals surface area contributed by atoms with Crippen molar-refractivity contribution in [3.63, 3.8) is 0 Å². The Morgan fingerprint density at radius 2 is 1.03 bits per heavy atom. The maximum Gasteiger partial charge on any atom is 0.119 e. The second-order valence-corrected chi connectivity index (χ2v) is 10.9. The third-order valence-electron chi connectivity index (χ3n) is 6.69. The first-order valence-electron chi connectivity index (χ1n) is 13.6. The Kier molecular flexibility index (Phi) is 9.20. The zero-order valence-corrected chi connectivity index (χ0v) is 22.5. The van der Waals surface area contributed by atoms with Gasteiger partial charge in [0.25, 0.3) is 0 Å². The Bertz CT molecular complexity index is 895. The highest BCUT2D eigenvalue weighted by molar-refractivity contribution is 5.30. The van der Waals surface area contributed by atoms with Crippen LogP contribution in [0.3, 0.4) is 0 Å². The van der Waals surface area contributed by atoms with Gasteiger partial charge in [0.2, 0.25) is 0 Å². The molecule has 4 unspecified atom stereocenters. The van der Waals surface area contributed by atoms with E-state index in [0.29, 0.717) is 51.8 Å². The molecule has 0 aliphatic carbocycles. The fourth-order valence-corrected chi connectivity index (χ4v) is 3.61. The second kappa shape index (κ2) is 12.8. The van der Waals surface area contributed by atoms with Gasteiger partial charge in [0, 0.05) is 0 Å². The molecule has 208 valence electrons. The summed E-state index contributed by atoms with van der Waals surface area (Å²) >= 11 is 0. The van der Waals surface area contributed by atoms with Crippen molar-refractivity contribution in [3.8, 4) is 11.5 Å². The topological polar surface area (TPSA) is 87.0 Å². The van der Waals surface area contributed by atoms with Gasteiger partial charge >= 0.3 is 0 Å². The van der Waals surface area contributed by atoms with E-state index in [1.807, 2.05) is 38.1 Å². The van der Waals surface area contributed by atoms with Crippen molar-refractivity contribution in [1.82, 2.24) is 0 Å². The van der Waals surface area contributed by atoms with Gasteiger partial charge in [-0.05, 0) is 62.1 Å². The highest BCUT2D eigenvalue weighted by Gasteiger charge is 2.40. The molecule has 2 aromatic carbocycles. The molecule has 0 amide bonds. The molecule has 4 saturated heterocycles. The smallest absolute Gasteiger partial charge is 0.119 e. The summed E-state index contributed by atoms with van der Waals surface area (Å²) in [5, 5.41) is 0. The molecular weight excluding hydrogens is 488 g/mol. The number of aryl methyl sites for hydroxylation is 2. The number of ether oxygens (including phenoxy) is 8. The van der Waals surface area contributed by atoms with Crippen LogP contribution in [0, 0.1) is 0 Å². The van der Waals surface area contributed by atoms with Gasteiger partial charge in [-0.15, -0.1) is 0 Å². The Labute approximate surface area is 225 Å². The summed E-state index contributed by atoms with van der Waals surface area (Å²) in [7, 11) is 0. The average Bonchev–Trinajstić information content (AvgIpc) is 3.73. The van der Waals surface area contributed by atoms with E-state index in [1.165, 1.54) is 11.1 Å². The van der Waals surface area contributed by atoms with Gasteiger partial charge in [-0.3, -0.25) is 0 Å². The van der Waals surface area contributed by atoms with E-state index >= 15 is 0 Å². The van der Waals surface area contributed by atoms with Crippen molar-refractivity contribution in [2.45, 2.75) is 50.1 Å². The average molecular weight is 529 g/mol. The minimum atomic E-state index is -0.00835. The van der Waals surface area contributed by atoms with Gasteiger partial charge < -0.3 is 37.9 Å². The summed E-state index contributed by atoms with van der Waals surface area (Å²) in [6.45, 7) is 11.3. The van der Waals surface area contributed by atoms with Crippen molar-refractivity contribution < 1.29 is 37.9 Å². The normalized spacial score (nSPS) is 28.2. The van der Waals surface area contributed by atoms with E-state index in [2.05, 4.69) is 24.3 Å². The van der Waals surface area contributed by atoms with Crippen LogP contribution < -0.4 is 9.47 Å². The molecule has 0 bridgehead atoms. The molecule has 4 fully saturated rings. The third-order valence-corrected chi connectivity index (χ3v) is 6.69. The summed E-state index contributed by atoms with van der Waals surface area (Å²) in [5.41, 5.74) is 2.62. The van der Waals surface area contributed by atoms with E-state index in [0.717, 1.165) is 50.8 Å². The van der Waals surface area contributed by atoms with Gasteiger partial charge in [0.05, 0.1) is 52.9 Å². The molecule has 4 aliphatic heterocycles. The van der Waals surface area contributed by atoms with Gasteiger partial charge in [0.15, 0.2) is 0 Å². The van der Waals surface area contributed by atoms with Crippen molar-refractivity contribution >= 4 is 0 Å². The molecule has 2 aromatic rings. The number of hydrogen-bond donors (Lipinski definition) is 0. The predicted octanol–water partition coefficient (Wildman–Crippen LogP) is 3.62. The van der Waals surface area contributed by atoms with Crippen LogP contribution in [-0.4, -0.2) is 89.5 Å². The fourth-order valence-electron chi connectivity index (χ4n) is 3.61. The molecule has 0 spiro atoms. The Morgan fingerprint density at radius 3 is 1.34 bits per heavy atom. The second-order valence-electron chi connectivity index (χ2n) is 10.9. The summed E-state index contributed by atoms with van der Waals surface area (Å²) in [5.74, 6) is 1.82. The molecule has 8 nitrogen and oxygen atoms in total. The van der Waals surface area contributed by atoms with Crippen LogP contribution in [0.2, 0.25) is 0 Å². The molecule has 0 saturated carbocycles. The monoisotopic (exact) mass is 528 g/mol. The van der Waals surface area contributed by atoms with Gasteiger partial charge in [0.1, 0.15) is 48.1 Å². The standard InChI is InChI=1S/C20H22O4.C10H18O4/c1(15-3-7-17(8-4-15)21-11-19-13-23-19)2-16-5-9-18(10-6-16)22-12-20-14-24-20;1-9(7-13-9)5-11-3-4-12-6-10(2)8-14-10/h3-10,19-20H,1-2,11-14H2;3-8H2,1-2H3. The van der Waals surface area contributed by atoms with Crippen LogP contribution in [0.5, 0.6) is 11.5 Å². The lowest BCUT2D eigenvalue weighted by molar-refractivity contribution is 0.0144. The van der Waals surface area contributed by atoms with Crippen LogP contribution in [0.1, 0.15) is 25.0 Å². The minimum absolute atomic E-state index is 0.00835. The zero-order chi connectivity index (χ0) is 26.3. The molecule has 38 heavy (non-hydrogen) atoms. The third kappa shape index (κ3) is 10.2. The lowest BCUT2D eigenvalue weighted by Crippen LogP contribution is -2.20. The van der Waals surface area contributed by atoms with Crippen LogP contribution >= 0.6 is 0 Å². The summed E-state index contributed by atoms with van der Waals surface area (Å²) < 4.78 is 42.8. The molecular formula is C30H40O8. The summed E-state index contributed by atoms with van der Waals surface area (Å²) in [6, 6.07) is 16.7. The van der Waals surface area contributed by atoms with E-state index in [-0.39, 0.29) is 11.2 Å². The first kappa shape index (κ1) is 27.4. The van der Waals surface area contributed by atoms with E-state index in [1.54, 1.807) is 0 Å². The maximum atomic E-state index is 5.66. The summed E-state index contributed by atoms with van der Waals surface area (Å²) in [6.07, 6.45) is 2.63. The quantitative estimate of drug-likeness (QED) is 0.241. The molecule has 4 aliphatic rings. The van der Waals surface area contributed by atoms with Gasteiger partial charge in [-0.1, -0.05) is 24.3 Å². The maximum absolute atomic E-state index is 5.66. The van der Waals surface area contributed by atoms with E-state index in [9.17, 15) is 0 Å². The van der Waals surface area contributed by atoms with Crippen LogP contribution in [-0.2, 0) is 41.3 Å². The lowest BCUT2D eigenvalue weighted by atomic mass is 10.0. The number of benzene rings is 2. The van der Waals surface area contributed by atoms with Crippen molar-refractivity contribution in [2.24, 2.45) is 0 Å². The lowest BCUT2D eigenvalue weighted by Gasteiger charge is -2.09. The number of rotatable bonds is 16. The highest BCUT2D eigenvalue weighted by atomic mass is 16.6. The molecule has 4 atom stereocenters. The van der Waals surface area contributed by atoms with Gasteiger partial charge in [-0.2, -0.15) is 0 Å². The molecule has 0 aromatic heterocycles. The van der Waals surface area contributed by atoms with Crippen LogP contribution in [0.15, 0.2) is 48.5 Å². The number of epoxide rings is 4. The van der Waals surface area contributed by atoms with Crippen molar-refractivity contribution in [2.75, 3.05) is 66.1 Å². The molecule has 6 rings (SSSR count). The summed E-state index contributed by atoms with van der Waals surface area (Å²) in [4.78, 5) is 0. The number of hydrogen-bond acceptors (Lipinski definition) is 8. The van der Waals surface area contributed by atoms with E-state index < -0.39 is 0 Å². The largest absolute Gasteiger partial charge is 0.491 e. The molecule has 8 heteroatoms. The first-order chi connectivity index (χ1) is 18.5. The van der Waals surface area contributed by atoms with Crippen LogP contribution in [0.4, 0.5) is 0 Å². The predicted molar refractivity (Wildman–Crippen MR) is 141 cm³/mol. The van der Waals surface area contributed by atoms with Gasteiger partial charge in [-0.25, -0.2) is 0 Å². The molecule has 0 radical (unpaired) electrons. The Morgan fingerprint density at radius 1 is 0.658 bits per heavy atom. The SMILES string of the molecule is CC1(COCCOCC2(C)CO2)CO1.c1cc(OCC2CO2)ccc1CCc1ccc(OCC2CO2)cc1. The zero-order valence-electron chi connectivity index (χ0n) is 22.5. The highest BCUT2D eigenvalue weighted by Crippen LogP contribution is 2.26. The Balaban J connectivity index is 0.000000179. The van der Waals surface area contributed by atoms with Crippen molar-refractivity contribution in [1.29, 1.82) is 0 Å². The van der Waals surface area contributed by atoms with E-state index in [4.69, 9.17) is 37.9 Å². The van der Waals surface area contributed by atoms with Crippen molar-refractivity contribution in [3.05, 3.63) is 59.7 Å². The Hall–Kier alpha value is -2.20. The molecule has 4 heterocycles. The van der Waals surface area contributed by atoms with Crippen LogP contribution in [0.25, 0.3) is 0 Å². The first-order valence-corrected chi connectivity index (χ1v) is 13.6. The molecule has 0 N–H and O–H groups in total. The fraction of sp³-hybridized carbons (Fsp3) is 0.600.